The summed E-state index contributed by atoms with van der Waals surface area (Å²) in [6, 6.07) is 38.1. The molecule has 0 saturated heterocycles. The van der Waals surface area contributed by atoms with E-state index in [2.05, 4.69) is 91.0 Å². The molecule has 0 unspecified atom stereocenters. The predicted molar refractivity (Wildman–Crippen MR) is 131 cm³/mol. The molecule has 0 amide bonds. The monoisotopic (exact) mass is 542 g/mol. The first-order chi connectivity index (χ1) is 16.2. The van der Waals surface area contributed by atoms with Crippen molar-refractivity contribution in [3.8, 4) is 11.5 Å². The Morgan fingerprint density at radius 2 is 1.18 bits per heavy atom. The van der Waals surface area contributed by atoms with Crippen LogP contribution in [0.25, 0.3) is 6.08 Å². The van der Waals surface area contributed by atoms with Crippen LogP contribution < -0.4 is 25.3 Å². The Bertz CT molecular complexity index is 1110. The van der Waals surface area contributed by atoms with Crippen LogP contribution in [-0.4, -0.2) is 32.5 Å². The maximum absolute atomic E-state index is 10.2. The maximum atomic E-state index is 10.2. The third-order valence-electron chi connectivity index (χ3n) is 5.00. The number of carboxylic acid groups (broad SMARTS) is 1. The first-order valence-corrected chi connectivity index (χ1v) is 14.8. The molecule has 0 fully saturated rings. The van der Waals surface area contributed by atoms with Crippen LogP contribution in [0.1, 0.15) is 5.56 Å². The molecule has 0 aliphatic carbocycles. The molecule has 1 aliphatic heterocycles. The Morgan fingerprint density at radius 1 is 0.697 bits per heavy atom. The van der Waals surface area contributed by atoms with Crippen molar-refractivity contribution >= 4 is 42.5 Å². The average Bonchev–Trinajstić information content (AvgIpc) is 3.33. The molecule has 1 aliphatic rings. The molecule has 0 bridgehead atoms. The molecule has 5 rings (SSSR count). The first kappa shape index (κ1) is 22.7. The fraction of sp³-hybridized carbons (Fsp3) is 0.0357. The summed E-state index contributed by atoms with van der Waals surface area (Å²) < 4.78 is 14.8. The standard InChI is InChI=1S/C10H8O4.3C6H5.Sn/c11-10(12)4-2-7-1-3-8-9(5-7)14-6-13-8;3*1-2-4-6-5-3-1;/h1-5H,6H2,(H,11,12);3*1-5H;/q;;;;+1/p-1/b4-2+;;;;. The van der Waals surface area contributed by atoms with Gasteiger partial charge in [-0.15, -0.1) is 0 Å². The number of hydrogen-bond acceptors (Lipinski definition) is 4. The predicted octanol–water partition coefficient (Wildman–Crippen LogP) is 2.38. The Labute approximate surface area is 200 Å². The number of carbonyl (C=O) groups excluding carboxylic acids is 1. The Kier molecular flexibility index (Phi) is 7.82. The molecule has 0 N–H and O–H groups in total. The molecule has 4 aromatic rings. The summed E-state index contributed by atoms with van der Waals surface area (Å²) in [5, 5.41) is 10.2. The van der Waals surface area contributed by atoms with E-state index in [1.165, 1.54) is 16.8 Å². The van der Waals surface area contributed by atoms with E-state index in [0.29, 0.717) is 11.5 Å². The molecule has 0 radical (unpaired) electrons. The zero-order valence-electron chi connectivity index (χ0n) is 17.9. The Hall–Kier alpha value is -3.51. The molecule has 162 valence electrons. The zero-order valence-corrected chi connectivity index (χ0v) is 20.7. The van der Waals surface area contributed by atoms with E-state index in [0.717, 1.165) is 11.6 Å². The fourth-order valence-electron chi connectivity index (χ4n) is 3.50. The van der Waals surface area contributed by atoms with Gasteiger partial charge in [0, 0.05) is 0 Å². The summed E-state index contributed by atoms with van der Waals surface area (Å²) in [6.07, 6.45) is 2.41. The van der Waals surface area contributed by atoms with Crippen molar-refractivity contribution in [2.24, 2.45) is 0 Å². The van der Waals surface area contributed by atoms with Crippen LogP contribution >= 0.6 is 0 Å². The summed E-state index contributed by atoms with van der Waals surface area (Å²) in [4.78, 5) is 10.2. The second kappa shape index (κ2) is 11.4. The van der Waals surface area contributed by atoms with Gasteiger partial charge in [-0.2, -0.15) is 0 Å². The average molecular weight is 541 g/mol. The van der Waals surface area contributed by atoms with Crippen molar-refractivity contribution in [2.45, 2.75) is 0 Å². The van der Waals surface area contributed by atoms with Gasteiger partial charge in [0.25, 0.3) is 0 Å². The van der Waals surface area contributed by atoms with Gasteiger partial charge in [0.1, 0.15) is 0 Å². The molecule has 4 nitrogen and oxygen atoms in total. The Morgan fingerprint density at radius 3 is 1.67 bits per heavy atom. The van der Waals surface area contributed by atoms with Gasteiger partial charge in [-0.25, -0.2) is 0 Å². The summed E-state index contributed by atoms with van der Waals surface area (Å²) in [7, 11) is 0. The van der Waals surface area contributed by atoms with Gasteiger partial charge in [0.15, 0.2) is 11.5 Å². The summed E-state index contributed by atoms with van der Waals surface area (Å²) >= 11 is -1.98. The second-order valence-corrected chi connectivity index (χ2v) is 14.3. The van der Waals surface area contributed by atoms with Gasteiger partial charge in [0.05, 0.1) is 5.97 Å². The van der Waals surface area contributed by atoms with Crippen LogP contribution in [0, 0.1) is 0 Å². The minimum absolute atomic E-state index is 0.211. The topological polar surface area (TPSA) is 58.6 Å². The summed E-state index contributed by atoms with van der Waals surface area (Å²) in [6.45, 7) is 0.211. The number of fused-ring (bicyclic) bond motifs is 1. The molecule has 1 heterocycles. The number of rotatable bonds is 5. The molecule has 0 spiro atoms. The van der Waals surface area contributed by atoms with E-state index in [1.54, 1.807) is 18.2 Å². The van der Waals surface area contributed by atoms with Crippen molar-refractivity contribution in [2.75, 3.05) is 6.79 Å². The first-order valence-electron chi connectivity index (χ1n) is 10.5. The number of ether oxygens (including phenoxy) is 2. The third-order valence-corrected chi connectivity index (χ3v) is 12.8. The summed E-state index contributed by atoms with van der Waals surface area (Å²) in [5.41, 5.74) is 0.735. The second-order valence-electron chi connectivity index (χ2n) is 7.24. The van der Waals surface area contributed by atoms with Gasteiger partial charge in [-0.1, -0.05) is 12.1 Å². The van der Waals surface area contributed by atoms with Gasteiger partial charge in [-0.3, -0.25) is 0 Å². The number of hydrogen-bond donors (Lipinski definition) is 0. The quantitative estimate of drug-likeness (QED) is 0.288. The fourth-order valence-corrected chi connectivity index (χ4v) is 10.9. The number of carboxylic acids is 1. The number of benzene rings is 4. The molecule has 5 heteroatoms. The SMILES string of the molecule is O=C([O-])/C=C/c1ccc2c(c1)OCO2.c1cc[c]([Sn+]([c]2ccccc2)[c]2ccccc2)cc1. The molecule has 0 saturated carbocycles. The van der Waals surface area contributed by atoms with Crippen molar-refractivity contribution < 1.29 is 19.4 Å². The van der Waals surface area contributed by atoms with Gasteiger partial charge in [0.2, 0.25) is 6.79 Å². The Balaban J connectivity index is 0.000000165. The molecule has 33 heavy (non-hydrogen) atoms. The van der Waals surface area contributed by atoms with E-state index in [4.69, 9.17) is 9.47 Å². The summed E-state index contributed by atoms with van der Waals surface area (Å²) in [5.74, 6) is 0.0868. The van der Waals surface area contributed by atoms with E-state index in [-0.39, 0.29) is 6.79 Å². The number of aliphatic carboxylic acids is 1. The van der Waals surface area contributed by atoms with E-state index < -0.39 is 25.7 Å². The van der Waals surface area contributed by atoms with Crippen LogP contribution in [0.2, 0.25) is 0 Å². The number of carbonyl (C=O) groups is 1. The molecule has 0 aromatic heterocycles. The van der Waals surface area contributed by atoms with E-state index >= 15 is 0 Å². The van der Waals surface area contributed by atoms with Crippen LogP contribution in [0.5, 0.6) is 11.5 Å². The van der Waals surface area contributed by atoms with Crippen molar-refractivity contribution in [1.29, 1.82) is 0 Å². The van der Waals surface area contributed by atoms with Crippen molar-refractivity contribution in [3.63, 3.8) is 0 Å². The van der Waals surface area contributed by atoms with E-state index in [1.807, 2.05) is 0 Å². The molecular formula is C28H22O4Sn. The minimum atomic E-state index is -1.98. The molecule has 4 aromatic carbocycles. The van der Waals surface area contributed by atoms with Crippen molar-refractivity contribution in [1.82, 2.24) is 0 Å². The van der Waals surface area contributed by atoms with Crippen molar-refractivity contribution in [3.05, 3.63) is 121 Å². The van der Waals surface area contributed by atoms with Crippen LogP contribution in [-0.2, 0) is 4.79 Å². The van der Waals surface area contributed by atoms with Crippen LogP contribution in [0.4, 0.5) is 0 Å². The van der Waals surface area contributed by atoms with Gasteiger partial charge in [-0.05, 0) is 23.8 Å². The zero-order chi connectivity index (χ0) is 22.9. The van der Waals surface area contributed by atoms with Gasteiger partial charge < -0.3 is 19.4 Å². The molecular weight excluding hydrogens is 519 g/mol. The third kappa shape index (κ3) is 6.26. The normalized spacial score (nSPS) is 11.5. The molecule has 0 atom stereocenters. The van der Waals surface area contributed by atoms with E-state index in [9.17, 15) is 9.90 Å². The van der Waals surface area contributed by atoms with Crippen LogP contribution in [0.3, 0.4) is 0 Å². The van der Waals surface area contributed by atoms with Gasteiger partial charge >= 0.3 is 121 Å². The van der Waals surface area contributed by atoms with Crippen LogP contribution in [0.15, 0.2) is 115 Å².